The molecule has 1 aliphatic rings. The third-order valence-electron chi connectivity index (χ3n) is 2.88. The van der Waals surface area contributed by atoms with Gasteiger partial charge in [-0.25, -0.2) is 5.01 Å². The van der Waals surface area contributed by atoms with E-state index in [1.165, 1.54) is 0 Å². The van der Waals surface area contributed by atoms with E-state index in [9.17, 15) is 0 Å². The van der Waals surface area contributed by atoms with Gasteiger partial charge in [0.2, 0.25) is 0 Å². The van der Waals surface area contributed by atoms with E-state index in [4.69, 9.17) is 16.9 Å². The Labute approximate surface area is 106 Å². The van der Waals surface area contributed by atoms with E-state index in [-0.39, 0.29) is 0 Å². The van der Waals surface area contributed by atoms with Gasteiger partial charge in [-0.1, -0.05) is 11.6 Å². The maximum Gasteiger partial charge on any atom is 0.101 e. The Balaban J connectivity index is 2.06. The summed E-state index contributed by atoms with van der Waals surface area (Å²) in [7, 11) is 2.11. The first kappa shape index (κ1) is 12.2. The second-order valence-corrected chi connectivity index (χ2v) is 4.64. The fraction of sp³-hybridized carbons (Fsp3) is 0.417. The molecule has 0 aromatic heterocycles. The van der Waals surface area contributed by atoms with Gasteiger partial charge in [-0.15, -0.1) is 0 Å². The van der Waals surface area contributed by atoms with Crippen molar-refractivity contribution in [1.82, 2.24) is 9.91 Å². The zero-order valence-electron chi connectivity index (χ0n) is 9.78. The number of nitrogens with one attached hydrogen (secondary N) is 1. The van der Waals surface area contributed by atoms with Gasteiger partial charge < -0.3 is 10.3 Å². The molecule has 17 heavy (non-hydrogen) atoms. The molecule has 5 heteroatoms. The average molecular weight is 251 g/mol. The predicted octanol–water partition coefficient (Wildman–Crippen LogP) is 1.79. The van der Waals surface area contributed by atoms with Crippen LogP contribution in [0, 0.1) is 11.3 Å². The molecule has 0 bridgehead atoms. The third-order valence-corrected chi connectivity index (χ3v) is 3.12. The number of piperazine rings is 1. The summed E-state index contributed by atoms with van der Waals surface area (Å²) < 4.78 is 0. The van der Waals surface area contributed by atoms with Crippen molar-refractivity contribution in [3.8, 4) is 6.07 Å². The van der Waals surface area contributed by atoms with Gasteiger partial charge in [0.25, 0.3) is 0 Å². The number of hydrogen-bond acceptors (Lipinski definition) is 4. The highest BCUT2D eigenvalue weighted by Gasteiger charge is 2.14. The SMILES string of the molecule is CN1CCN(Nc2ccc(Cl)cc2C#N)CC1. The maximum atomic E-state index is 9.04. The van der Waals surface area contributed by atoms with E-state index in [2.05, 4.69) is 28.5 Å². The van der Waals surface area contributed by atoms with Crippen LogP contribution in [0.15, 0.2) is 18.2 Å². The summed E-state index contributed by atoms with van der Waals surface area (Å²) in [5.41, 5.74) is 4.67. The topological polar surface area (TPSA) is 42.3 Å². The van der Waals surface area contributed by atoms with Gasteiger partial charge in [0, 0.05) is 31.2 Å². The molecule has 1 fully saturated rings. The summed E-state index contributed by atoms with van der Waals surface area (Å²) in [6.45, 7) is 3.96. The first-order valence-corrected chi connectivity index (χ1v) is 5.96. The molecule has 1 aromatic carbocycles. The quantitative estimate of drug-likeness (QED) is 0.869. The number of hydrazine groups is 1. The lowest BCUT2D eigenvalue weighted by Gasteiger charge is -2.33. The molecule has 1 heterocycles. The van der Waals surface area contributed by atoms with Gasteiger partial charge in [0.1, 0.15) is 6.07 Å². The Kier molecular flexibility index (Phi) is 3.85. The van der Waals surface area contributed by atoms with Crippen molar-refractivity contribution in [3.63, 3.8) is 0 Å². The van der Waals surface area contributed by atoms with Gasteiger partial charge in [-0.3, -0.25) is 0 Å². The highest BCUT2D eigenvalue weighted by atomic mass is 35.5. The van der Waals surface area contributed by atoms with Gasteiger partial charge in [-0.2, -0.15) is 5.26 Å². The zero-order chi connectivity index (χ0) is 12.3. The highest BCUT2D eigenvalue weighted by Crippen LogP contribution is 2.20. The summed E-state index contributed by atoms with van der Waals surface area (Å²) in [6, 6.07) is 7.47. The smallest absolute Gasteiger partial charge is 0.101 e. The third kappa shape index (κ3) is 3.10. The first-order chi connectivity index (χ1) is 8.19. The monoisotopic (exact) mass is 250 g/mol. The van der Waals surface area contributed by atoms with Crippen LogP contribution in [0.1, 0.15) is 5.56 Å². The van der Waals surface area contributed by atoms with Crippen LogP contribution in [0.5, 0.6) is 0 Å². The maximum absolute atomic E-state index is 9.04. The normalized spacial score (nSPS) is 17.7. The zero-order valence-corrected chi connectivity index (χ0v) is 10.5. The van der Waals surface area contributed by atoms with Gasteiger partial charge in [-0.05, 0) is 25.2 Å². The fourth-order valence-electron chi connectivity index (χ4n) is 1.80. The van der Waals surface area contributed by atoms with Crippen LogP contribution in [0.2, 0.25) is 5.02 Å². The van der Waals surface area contributed by atoms with E-state index in [1.54, 1.807) is 12.1 Å². The van der Waals surface area contributed by atoms with Crippen LogP contribution in [0.4, 0.5) is 5.69 Å². The average Bonchev–Trinajstić information content (AvgIpc) is 2.34. The minimum atomic E-state index is 0.580. The molecule has 0 aliphatic carbocycles. The van der Waals surface area contributed by atoms with Crippen molar-refractivity contribution in [2.45, 2.75) is 0 Å². The van der Waals surface area contributed by atoms with E-state index in [0.29, 0.717) is 10.6 Å². The summed E-state index contributed by atoms with van der Waals surface area (Å²) in [4.78, 5) is 2.28. The van der Waals surface area contributed by atoms with Crippen LogP contribution >= 0.6 is 11.6 Å². The van der Waals surface area contributed by atoms with Crippen LogP contribution in [-0.2, 0) is 0 Å². The Bertz CT molecular complexity index is 433. The van der Waals surface area contributed by atoms with E-state index in [0.717, 1.165) is 31.9 Å². The van der Waals surface area contributed by atoms with Crippen molar-refractivity contribution in [2.75, 3.05) is 38.7 Å². The van der Waals surface area contributed by atoms with Crippen molar-refractivity contribution < 1.29 is 0 Å². The minimum absolute atomic E-state index is 0.580. The van der Waals surface area contributed by atoms with Crippen LogP contribution in [-0.4, -0.2) is 43.1 Å². The van der Waals surface area contributed by atoms with E-state index < -0.39 is 0 Å². The molecule has 0 unspecified atom stereocenters. The van der Waals surface area contributed by atoms with E-state index >= 15 is 0 Å². The minimum Gasteiger partial charge on any atom is -0.317 e. The number of benzene rings is 1. The molecule has 0 spiro atoms. The number of nitriles is 1. The lowest BCUT2D eigenvalue weighted by atomic mass is 10.2. The molecule has 2 rings (SSSR count). The van der Waals surface area contributed by atoms with Gasteiger partial charge in [0.05, 0.1) is 11.3 Å². The molecule has 1 aromatic rings. The lowest BCUT2D eigenvalue weighted by Crippen LogP contribution is -2.47. The molecular formula is C12H15ClN4. The number of halogens is 1. The Hall–Kier alpha value is -1.28. The second kappa shape index (κ2) is 5.37. The van der Waals surface area contributed by atoms with Gasteiger partial charge >= 0.3 is 0 Å². The fourth-order valence-corrected chi connectivity index (χ4v) is 1.97. The number of anilines is 1. The summed E-state index contributed by atoms with van der Waals surface area (Å²) >= 11 is 5.86. The Morgan fingerprint density at radius 2 is 2.00 bits per heavy atom. The van der Waals surface area contributed by atoms with Gasteiger partial charge in [0.15, 0.2) is 0 Å². The van der Waals surface area contributed by atoms with Crippen molar-refractivity contribution >= 4 is 17.3 Å². The van der Waals surface area contributed by atoms with Crippen LogP contribution in [0.3, 0.4) is 0 Å². The lowest BCUT2D eigenvalue weighted by molar-refractivity contribution is 0.179. The van der Waals surface area contributed by atoms with Crippen LogP contribution in [0.25, 0.3) is 0 Å². The summed E-state index contributed by atoms with van der Waals surface area (Å²) in [5.74, 6) is 0. The molecular weight excluding hydrogens is 236 g/mol. The number of hydrogen-bond donors (Lipinski definition) is 1. The molecule has 0 radical (unpaired) electrons. The molecule has 0 amide bonds. The largest absolute Gasteiger partial charge is 0.317 e. The Morgan fingerprint density at radius 1 is 1.29 bits per heavy atom. The highest BCUT2D eigenvalue weighted by molar-refractivity contribution is 6.30. The molecule has 90 valence electrons. The molecule has 0 atom stereocenters. The standard InChI is InChI=1S/C12H15ClN4/c1-16-4-6-17(7-5-16)15-12-3-2-11(13)8-10(12)9-14/h2-3,8,15H,4-7H2,1H3. The molecule has 0 saturated carbocycles. The molecule has 1 saturated heterocycles. The summed E-state index contributed by atoms with van der Waals surface area (Å²) in [5, 5.41) is 11.8. The summed E-state index contributed by atoms with van der Waals surface area (Å²) in [6.07, 6.45) is 0. The predicted molar refractivity (Wildman–Crippen MR) is 68.9 cm³/mol. The number of likely N-dealkylation sites (N-methyl/N-ethyl adjacent to an activating group) is 1. The molecule has 1 aliphatic heterocycles. The molecule has 4 nitrogen and oxygen atoms in total. The van der Waals surface area contributed by atoms with E-state index in [1.807, 2.05) is 6.07 Å². The Morgan fingerprint density at radius 3 is 2.65 bits per heavy atom. The first-order valence-electron chi connectivity index (χ1n) is 5.59. The van der Waals surface area contributed by atoms with Crippen molar-refractivity contribution in [2.24, 2.45) is 0 Å². The number of rotatable bonds is 2. The van der Waals surface area contributed by atoms with Crippen LogP contribution < -0.4 is 5.43 Å². The number of nitrogens with zero attached hydrogens (tertiary/aromatic N) is 3. The second-order valence-electron chi connectivity index (χ2n) is 4.20. The van der Waals surface area contributed by atoms with Crippen molar-refractivity contribution in [1.29, 1.82) is 5.26 Å². The molecule has 1 N–H and O–H groups in total. The van der Waals surface area contributed by atoms with Crippen molar-refractivity contribution in [3.05, 3.63) is 28.8 Å².